The minimum atomic E-state index is -0.0532. The summed E-state index contributed by atoms with van der Waals surface area (Å²) in [5, 5.41) is 23.2. The molecule has 3 atom stereocenters. The SMILES string of the molecule is C/C(=N/NC(=O)[C@H]1[C@H]2CCCC[C@@]21C)c1ccc(O)cc1O. The van der Waals surface area contributed by atoms with Crippen LogP contribution in [0.3, 0.4) is 0 Å². The molecule has 1 aromatic carbocycles. The average molecular weight is 302 g/mol. The van der Waals surface area contributed by atoms with Gasteiger partial charge in [0.1, 0.15) is 11.5 Å². The number of carbonyl (C=O) groups excluding carboxylic acids is 1. The molecule has 3 N–H and O–H groups in total. The summed E-state index contributed by atoms with van der Waals surface area (Å²) in [6.07, 6.45) is 4.68. The fraction of sp³-hybridized carbons (Fsp3) is 0.529. The van der Waals surface area contributed by atoms with E-state index in [4.69, 9.17) is 0 Å². The zero-order chi connectivity index (χ0) is 15.9. The lowest BCUT2D eigenvalue weighted by atomic mass is 9.90. The fourth-order valence-electron chi connectivity index (χ4n) is 3.95. The molecule has 0 aromatic heterocycles. The summed E-state index contributed by atoms with van der Waals surface area (Å²) in [7, 11) is 0. The highest BCUT2D eigenvalue weighted by atomic mass is 16.3. The number of fused-ring (bicyclic) bond motifs is 1. The molecule has 118 valence electrons. The molecule has 1 aromatic rings. The van der Waals surface area contributed by atoms with Gasteiger partial charge in [-0.1, -0.05) is 19.8 Å². The number of phenols is 2. The molecular weight excluding hydrogens is 280 g/mol. The Kier molecular flexibility index (Phi) is 3.59. The van der Waals surface area contributed by atoms with Crippen LogP contribution in [0.15, 0.2) is 23.3 Å². The summed E-state index contributed by atoms with van der Waals surface area (Å²) in [6, 6.07) is 4.31. The third-order valence-corrected chi connectivity index (χ3v) is 5.32. The van der Waals surface area contributed by atoms with Gasteiger partial charge in [0.05, 0.1) is 5.71 Å². The van der Waals surface area contributed by atoms with Gasteiger partial charge in [-0.15, -0.1) is 0 Å². The van der Waals surface area contributed by atoms with Crippen molar-refractivity contribution in [2.24, 2.45) is 22.4 Å². The molecule has 3 rings (SSSR count). The lowest BCUT2D eigenvalue weighted by molar-refractivity contribution is -0.123. The molecule has 2 saturated carbocycles. The van der Waals surface area contributed by atoms with Crippen molar-refractivity contribution < 1.29 is 15.0 Å². The number of nitrogens with one attached hydrogen (secondary N) is 1. The second-order valence-electron chi connectivity index (χ2n) is 6.71. The molecule has 0 aliphatic heterocycles. The molecule has 5 nitrogen and oxygen atoms in total. The number of nitrogens with zero attached hydrogens (tertiary/aromatic N) is 1. The summed E-state index contributed by atoms with van der Waals surface area (Å²) in [6.45, 7) is 3.91. The molecule has 2 aliphatic carbocycles. The van der Waals surface area contributed by atoms with Crippen LogP contribution >= 0.6 is 0 Å². The van der Waals surface area contributed by atoms with Crippen LogP contribution in [-0.4, -0.2) is 21.8 Å². The summed E-state index contributed by atoms with van der Waals surface area (Å²) < 4.78 is 0. The summed E-state index contributed by atoms with van der Waals surface area (Å²) in [5.41, 5.74) is 3.81. The van der Waals surface area contributed by atoms with Gasteiger partial charge in [-0.3, -0.25) is 4.79 Å². The van der Waals surface area contributed by atoms with Gasteiger partial charge in [0.25, 0.3) is 0 Å². The topological polar surface area (TPSA) is 81.9 Å². The lowest BCUT2D eigenvalue weighted by Gasteiger charge is -2.15. The zero-order valence-electron chi connectivity index (χ0n) is 13.0. The van der Waals surface area contributed by atoms with Crippen molar-refractivity contribution in [3.05, 3.63) is 23.8 Å². The Hall–Kier alpha value is -2.04. The number of aromatic hydroxyl groups is 2. The zero-order valence-corrected chi connectivity index (χ0v) is 13.0. The monoisotopic (exact) mass is 302 g/mol. The van der Waals surface area contributed by atoms with Crippen molar-refractivity contribution in [2.45, 2.75) is 39.5 Å². The van der Waals surface area contributed by atoms with E-state index in [-0.39, 0.29) is 28.7 Å². The first-order valence-electron chi connectivity index (χ1n) is 7.80. The Morgan fingerprint density at radius 3 is 2.77 bits per heavy atom. The normalized spacial score (nSPS) is 30.5. The number of rotatable bonds is 3. The molecule has 2 aliphatic rings. The number of amides is 1. The highest BCUT2D eigenvalue weighted by Crippen LogP contribution is 2.66. The van der Waals surface area contributed by atoms with E-state index in [0.717, 1.165) is 12.8 Å². The van der Waals surface area contributed by atoms with Crippen molar-refractivity contribution in [3.8, 4) is 11.5 Å². The maximum absolute atomic E-state index is 12.3. The van der Waals surface area contributed by atoms with Crippen molar-refractivity contribution in [1.29, 1.82) is 0 Å². The third kappa shape index (κ3) is 2.45. The summed E-state index contributed by atoms with van der Waals surface area (Å²) in [4.78, 5) is 12.3. The van der Waals surface area contributed by atoms with Crippen LogP contribution in [-0.2, 0) is 4.79 Å². The minimum absolute atomic E-state index is 0.00642. The van der Waals surface area contributed by atoms with E-state index in [1.54, 1.807) is 13.0 Å². The van der Waals surface area contributed by atoms with Gasteiger partial charge in [-0.2, -0.15) is 5.10 Å². The molecule has 0 bridgehead atoms. The molecule has 22 heavy (non-hydrogen) atoms. The van der Waals surface area contributed by atoms with E-state index < -0.39 is 0 Å². The molecular formula is C17H22N2O3. The Morgan fingerprint density at radius 1 is 1.36 bits per heavy atom. The maximum Gasteiger partial charge on any atom is 0.244 e. The van der Waals surface area contributed by atoms with E-state index in [2.05, 4.69) is 17.5 Å². The highest BCUT2D eigenvalue weighted by Gasteiger charge is 2.64. The fourth-order valence-corrected chi connectivity index (χ4v) is 3.95. The van der Waals surface area contributed by atoms with Gasteiger partial charge in [0.15, 0.2) is 0 Å². The standard InChI is InChI=1S/C17H22N2O3/c1-10(12-7-6-11(20)9-14(12)21)18-19-16(22)15-13-5-3-4-8-17(13,15)2/h6-7,9,13,15,20-21H,3-5,8H2,1-2H3,(H,19,22)/b18-10-/t13-,15-,17+/m1/s1. The van der Waals surface area contributed by atoms with Gasteiger partial charge >= 0.3 is 0 Å². The van der Waals surface area contributed by atoms with Crippen molar-refractivity contribution in [3.63, 3.8) is 0 Å². The second kappa shape index (κ2) is 5.30. The Balaban J connectivity index is 1.67. The lowest BCUT2D eigenvalue weighted by Crippen LogP contribution is -2.23. The van der Waals surface area contributed by atoms with Crippen LogP contribution in [0.2, 0.25) is 0 Å². The van der Waals surface area contributed by atoms with Crippen LogP contribution in [0.25, 0.3) is 0 Å². The number of benzene rings is 1. The molecule has 0 spiro atoms. The summed E-state index contributed by atoms with van der Waals surface area (Å²) in [5.74, 6) is 0.487. The largest absolute Gasteiger partial charge is 0.508 e. The van der Waals surface area contributed by atoms with Gasteiger partial charge in [-0.25, -0.2) is 5.43 Å². The quantitative estimate of drug-likeness (QED) is 0.593. The van der Waals surface area contributed by atoms with Crippen molar-refractivity contribution in [2.75, 3.05) is 0 Å². The predicted octanol–water partition coefficient (Wildman–Crippen LogP) is 2.76. The molecule has 0 radical (unpaired) electrons. The van der Waals surface area contributed by atoms with Crippen LogP contribution in [0, 0.1) is 17.3 Å². The summed E-state index contributed by atoms with van der Waals surface area (Å²) >= 11 is 0. The van der Waals surface area contributed by atoms with Crippen LogP contribution in [0.4, 0.5) is 0 Å². The third-order valence-electron chi connectivity index (χ3n) is 5.32. The highest BCUT2D eigenvalue weighted by molar-refractivity contribution is 6.01. The Bertz CT molecular complexity index is 641. The Labute approximate surface area is 130 Å². The van der Waals surface area contributed by atoms with Gasteiger partial charge in [0.2, 0.25) is 5.91 Å². The predicted molar refractivity (Wildman–Crippen MR) is 83.7 cm³/mol. The molecule has 0 heterocycles. The number of hydrogen-bond donors (Lipinski definition) is 3. The number of carbonyl (C=O) groups is 1. The average Bonchev–Trinajstić information content (AvgIpc) is 3.10. The van der Waals surface area contributed by atoms with Crippen molar-refractivity contribution >= 4 is 11.6 Å². The number of hydrazone groups is 1. The van der Waals surface area contributed by atoms with E-state index in [9.17, 15) is 15.0 Å². The first-order valence-corrected chi connectivity index (χ1v) is 7.80. The van der Waals surface area contributed by atoms with Crippen LogP contribution < -0.4 is 5.43 Å². The molecule has 5 heteroatoms. The smallest absolute Gasteiger partial charge is 0.244 e. The number of hydrogen-bond acceptors (Lipinski definition) is 4. The minimum Gasteiger partial charge on any atom is -0.508 e. The van der Waals surface area contributed by atoms with Crippen LogP contribution in [0.1, 0.15) is 45.1 Å². The molecule has 2 fully saturated rings. The molecule has 0 saturated heterocycles. The molecule has 0 unspecified atom stereocenters. The van der Waals surface area contributed by atoms with E-state index in [1.807, 2.05) is 0 Å². The Morgan fingerprint density at radius 2 is 2.14 bits per heavy atom. The van der Waals surface area contributed by atoms with Gasteiger partial charge in [0, 0.05) is 17.5 Å². The van der Waals surface area contributed by atoms with Gasteiger partial charge in [-0.05, 0) is 43.2 Å². The maximum atomic E-state index is 12.3. The van der Waals surface area contributed by atoms with E-state index in [1.165, 1.54) is 25.0 Å². The van der Waals surface area contributed by atoms with Crippen molar-refractivity contribution in [1.82, 2.24) is 5.43 Å². The first kappa shape index (κ1) is 14.9. The van der Waals surface area contributed by atoms with E-state index in [0.29, 0.717) is 17.2 Å². The number of phenolic OH excluding ortho intramolecular Hbond substituents is 2. The molecule has 1 amide bonds. The first-order chi connectivity index (χ1) is 10.4. The van der Waals surface area contributed by atoms with Crippen LogP contribution in [0.5, 0.6) is 11.5 Å². The van der Waals surface area contributed by atoms with Gasteiger partial charge < -0.3 is 10.2 Å². The second-order valence-corrected chi connectivity index (χ2v) is 6.71. The van der Waals surface area contributed by atoms with E-state index >= 15 is 0 Å².